The van der Waals surface area contributed by atoms with Gasteiger partial charge >= 0.3 is 0 Å². The van der Waals surface area contributed by atoms with Gasteiger partial charge in [0.25, 0.3) is 0 Å². The summed E-state index contributed by atoms with van der Waals surface area (Å²) >= 11 is 2.03. The highest BCUT2D eigenvalue weighted by atomic mass is 32.1. The number of hydrogen-bond donors (Lipinski definition) is 0. The van der Waals surface area contributed by atoms with E-state index in [0.29, 0.717) is 17.8 Å². The van der Waals surface area contributed by atoms with E-state index in [0.717, 1.165) is 0 Å². The molecule has 0 radical (unpaired) electrons. The summed E-state index contributed by atoms with van der Waals surface area (Å²) in [6, 6.07) is 0. The van der Waals surface area contributed by atoms with Crippen molar-refractivity contribution in [3.8, 4) is 0 Å². The Labute approximate surface area is 98.7 Å². The lowest BCUT2D eigenvalue weighted by Gasteiger charge is -2.11. The van der Waals surface area contributed by atoms with Crippen molar-refractivity contribution < 1.29 is 0 Å². The molecule has 0 amide bonds. The van der Waals surface area contributed by atoms with Crippen LogP contribution in [0.5, 0.6) is 0 Å². The lowest BCUT2D eigenvalue weighted by atomic mass is 9.93. The first-order chi connectivity index (χ1) is 6.86. The summed E-state index contributed by atoms with van der Waals surface area (Å²) in [6.45, 7) is 16.1. The van der Waals surface area contributed by atoms with Crippen LogP contribution in [-0.2, 0) is 0 Å². The normalized spacial score (nSPS) is 12.1. The maximum atomic E-state index is 2.31. The largest absolute Gasteiger partial charge is 0.144 e. The third kappa shape index (κ3) is 2.44. The summed E-state index contributed by atoms with van der Waals surface area (Å²) < 4.78 is 0. The van der Waals surface area contributed by atoms with Crippen molar-refractivity contribution in [1.29, 1.82) is 0 Å². The molecule has 0 saturated carbocycles. The van der Waals surface area contributed by atoms with Gasteiger partial charge in [-0.1, -0.05) is 41.5 Å². The SMILES string of the molecule is Cc1c(C(C)C)sc(C(C)C)c1C(C)C. The number of thiophene rings is 1. The molecule has 0 aliphatic heterocycles. The van der Waals surface area contributed by atoms with E-state index in [4.69, 9.17) is 0 Å². The van der Waals surface area contributed by atoms with Crippen molar-refractivity contribution in [2.75, 3.05) is 0 Å². The van der Waals surface area contributed by atoms with Crippen molar-refractivity contribution in [1.82, 2.24) is 0 Å². The Morgan fingerprint density at radius 2 is 1.20 bits per heavy atom. The van der Waals surface area contributed by atoms with Gasteiger partial charge in [0, 0.05) is 9.75 Å². The molecule has 0 fully saturated rings. The molecule has 0 unspecified atom stereocenters. The molecule has 1 rings (SSSR count). The van der Waals surface area contributed by atoms with Gasteiger partial charge in [-0.3, -0.25) is 0 Å². The summed E-state index contributed by atoms with van der Waals surface area (Å²) in [5, 5.41) is 0. The molecule has 0 aliphatic rings. The highest BCUT2D eigenvalue weighted by molar-refractivity contribution is 7.12. The molecule has 0 aromatic carbocycles. The summed E-state index contributed by atoms with van der Waals surface area (Å²) in [4.78, 5) is 3.19. The van der Waals surface area contributed by atoms with Crippen LogP contribution in [-0.4, -0.2) is 0 Å². The van der Waals surface area contributed by atoms with E-state index in [1.165, 1.54) is 0 Å². The van der Waals surface area contributed by atoms with Crippen molar-refractivity contribution in [3.05, 3.63) is 20.9 Å². The third-order valence-electron chi connectivity index (χ3n) is 2.89. The lowest BCUT2D eigenvalue weighted by Crippen LogP contribution is -1.96. The minimum atomic E-state index is 0.658. The average Bonchev–Trinajstić information content (AvgIpc) is 2.42. The Bertz CT molecular complexity index is 329. The van der Waals surface area contributed by atoms with Crippen LogP contribution in [0.25, 0.3) is 0 Å². The summed E-state index contributed by atoms with van der Waals surface area (Å²) in [7, 11) is 0. The van der Waals surface area contributed by atoms with Crippen LogP contribution >= 0.6 is 11.3 Å². The van der Waals surface area contributed by atoms with E-state index in [1.807, 2.05) is 11.3 Å². The second-order valence-corrected chi connectivity index (χ2v) is 6.42. The molecule has 1 heteroatoms. The van der Waals surface area contributed by atoms with E-state index < -0.39 is 0 Å². The molecule has 0 spiro atoms. The molecule has 0 N–H and O–H groups in total. The summed E-state index contributed by atoms with van der Waals surface area (Å²) in [6.07, 6.45) is 0. The van der Waals surface area contributed by atoms with Crippen LogP contribution in [0.15, 0.2) is 0 Å². The molecule has 86 valence electrons. The Kier molecular flexibility index (Phi) is 3.99. The third-order valence-corrected chi connectivity index (χ3v) is 4.79. The van der Waals surface area contributed by atoms with Gasteiger partial charge in [-0.15, -0.1) is 11.3 Å². The van der Waals surface area contributed by atoms with Crippen LogP contribution in [0.2, 0.25) is 0 Å². The Hall–Kier alpha value is -0.300. The van der Waals surface area contributed by atoms with Crippen LogP contribution < -0.4 is 0 Å². The zero-order valence-corrected chi connectivity index (χ0v) is 12.0. The highest BCUT2D eigenvalue weighted by Crippen LogP contribution is 2.40. The van der Waals surface area contributed by atoms with Crippen molar-refractivity contribution in [2.24, 2.45) is 0 Å². The topological polar surface area (TPSA) is 0 Å². The fraction of sp³-hybridized carbons (Fsp3) is 0.714. The van der Waals surface area contributed by atoms with E-state index in [9.17, 15) is 0 Å². The first-order valence-corrected chi connectivity index (χ1v) is 6.80. The van der Waals surface area contributed by atoms with E-state index in [2.05, 4.69) is 48.5 Å². The first-order valence-electron chi connectivity index (χ1n) is 5.99. The minimum Gasteiger partial charge on any atom is -0.144 e. The van der Waals surface area contributed by atoms with Gasteiger partial charge in [0.2, 0.25) is 0 Å². The van der Waals surface area contributed by atoms with Gasteiger partial charge in [0.15, 0.2) is 0 Å². The molecular formula is C14H24S. The van der Waals surface area contributed by atoms with E-state index >= 15 is 0 Å². The molecule has 0 aliphatic carbocycles. The predicted octanol–water partition coefficient (Wildman–Crippen LogP) is 5.43. The monoisotopic (exact) mass is 224 g/mol. The van der Waals surface area contributed by atoms with Crippen LogP contribution in [0.3, 0.4) is 0 Å². The molecule has 15 heavy (non-hydrogen) atoms. The molecular weight excluding hydrogens is 200 g/mol. The molecule has 1 aromatic rings. The van der Waals surface area contributed by atoms with Crippen molar-refractivity contribution >= 4 is 11.3 Å². The minimum absolute atomic E-state index is 0.658. The molecule has 0 atom stereocenters. The smallest absolute Gasteiger partial charge is 0.0111 e. The summed E-state index contributed by atoms with van der Waals surface area (Å²) in [5.41, 5.74) is 3.16. The lowest BCUT2D eigenvalue weighted by molar-refractivity contribution is 0.798. The van der Waals surface area contributed by atoms with Crippen LogP contribution in [0.1, 0.15) is 80.2 Å². The Balaban J connectivity index is 3.33. The number of rotatable bonds is 3. The maximum Gasteiger partial charge on any atom is 0.0111 e. The average molecular weight is 224 g/mol. The number of hydrogen-bond acceptors (Lipinski definition) is 1. The predicted molar refractivity (Wildman–Crippen MR) is 71.3 cm³/mol. The second kappa shape index (κ2) is 4.69. The summed E-state index contributed by atoms with van der Waals surface area (Å²) in [5.74, 6) is 1.99. The van der Waals surface area contributed by atoms with E-state index in [1.54, 1.807) is 20.9 Å². The van der Waals surface area contributed by atoms with Crippen molar-refractivity contribution in [2.45, 2.75) is 66.2 Å². The van der Waals surface area contributed by atoms with Gasteiger partial charge in [-0.25, -0.2) is 0 Å². The van der Waals surface area contributed by atoms with Crippen LogP contribution in [0.4, 0.5) is 0 Å². The van der Waals surface area contributed by atoms with Gasteiger partial charge in [-0.2, -0.15) is 0 Å². The van der Waals surface area contributed by atoms with E-state index in [-0.39, 0.29) is 0 Å². The molecule has 1 aromatic heterocycles. The zero-order valence-electron chi connectivity index (χ0n) is 11.1. The zero-order chi connectivity index (χ0) is 11.7. The van der Waals surface area contributed by atoms with Crippen molar-refractivity contribution in [3.63, 3.8) is 0 Å². The van der Waals surface area contributed by atoms with Gasteiger partial charge in [0.05, 0.1) is 0 Å². The fourth-order valence-corrected chi connectivity index (χ4v) is 3.73. The maximum absolute atomic E-state index is 2.31. The molecule has 0 saturated heterocycles. The Morgan fingerprint density at radius 1 is 0.733 bits per heavy atom. The van der Waals surface area contributed by atoms with Gasteiger partial charge < -0.3 is 0 Å². The quantitative estimate of drug-likeness (QED) is 0.642. The van der Waals surface area contributed by atoms with Gasteiger partial charge in [-0.05, 0) is 35.8 Å². The second-order valence-electron chi connectivity index (χ2n) is 5.33. The van der Waals surface area contributed by atoms with Gasteiger partial charge in [0.1, 0.15) is 0 Å². The highest BCUT2D eigenvalue weighted by Gasteiger charge is 2.20. The molecule has 0 bridgehead atoms. The van der Waals surface area contributed by atoms with Crippen LogP contribution in [0, 0.1) is 6.92 Å². The standard InChI is InChI=1S/C14H24S/c1-8(2)12-11(7)13(9(3)4)15-14(12)10(5)6/h8-10H,1-7H3. The molecule has 0 nitrogen and oxygen atoms in total. The Morgan fingerprint density at radius 3 is 1.47 bits per heavy atom. The first kappa shape index (κ1) is 12.8. The fourth-order valence-electron chi connectivity index (χ4n) is 2.26. The molecule has 1 heterocycles.